The molecule has 0 aliphatic carbocycles. The highest BCUT2D eigenvalue weighted by molar-refractivity contribution is 7.21. The average molecular weight is 357 g/mol. The van der Waals surface area contributed by atoms with E-state index in [9.17, 15) is 9.18 Å². The van der Waals surface area contributed by atoms with Gasteiger partial charge in [0.25, 0.3) is 5.91 Å². The largest absolute Gasteiger partial charge is 0.378 e. The van der Waals surface area contributed by atoms with Crippen molar-refractivity contribution in [2.24, 2.45) is 0 Å². The van der Waals surface area contributed by atoms with Gasteiger partial charge in [-0.25, -0.2) is 4.39 Å². The molecule has 1 aliphatic rings. The second kappa shape index (κ2) is 6.73. The molecule has 1 aromatic heterocycles. The number of fused-ring (bicyclic) bond motifs is 1. The Morgan fingerprint density at radius 1 is 1.52 bits per heavy atom. The molecule has 0 unspecified atom stereocenters. The molecule has 3 rings (SSSR count). The molecule has 1 fully saturated rings. The minimum Gasteiger partial charge on any atom is -0.378 e. The fourth-order valence-electron chi connectivity index (χ4n) is 2.94. The third-order valence-corrected chi connectivity index (χ3v) is 5.86. The minimum atomic E-state index is -0.407. The molecular weight excluding hydrogens is 339 g/mol. The fraction of sp³-hybridized carbons (Fsp3) is 0.438. The zero-order valence-corrected chi connectivity index (χ0v) is 14.5. The summed E-state index contributed by atoms with van der Waals surface area (Å²) in [5.41, 5.74) is 0. The lowest BCUT2D eigenvalue weighted by molar-refractivity contribution is 0.0765. The molecule has 1 aliphatic heterocycles. The van der Waals surface area contributed by atoms with Gasteiger partial charge < -0.3 is 10.1 Å². The van der Waals surface area contributed by atoms with Gasteiger partial charge in [0.05, 0.1) is 17.2 Å². The highest BCUT2D eigenvalue weighted by atomic mass is 35.5. The van der Waals surface area contributed by atoms with Crippen LogP contribution in [0.25, 0.3) is 10.1 Å². The summed E-state index contributed by atoms with van der Waals surface area (Å²) in [6.45, 7) is 4.49. The van der Waals surface area contributed by atoms with Gasteiger partial charge in [0.2, 0.25) is 0 Å². The number of benzene rings is 1. The summed E-state index contributed by atoms with van der Waals surface area (Å²) >= 11 is 7.44. The maximum atomic E-state index is 13.9. The van der Waals surface area contributed by atoms with Crippen LogP contribution in [0.1, 0.15) is 16.6 Å². The summed E-state index contributed by atoms with van der Waals surface area (Å²) in [5.74, 6) is -0.684. The van der Waals surface area contributed by atoms with Gasteiger partial charge in [-0.05, 0) is 18.7 Å². The van der Waals surface area contributed by atoms with E-state index >= 15 is 0 Å². The molecule has 0 spiro atoms. The van der Waals surface area contributed by atoms with Crippen LogP contribution in [0.2, 0.25) is 5.02 Å². The molecular formula is C16H18ClFN2O2S. The SMILES string of the molecule is CCN1C[C@@H](NC(=O)c2sc3cccc(F)c3c2Cl)[C@H](OC)C1. The van der Waals surface area contributed by atoms with Crippen molar-refractivity contribution in [3.8, 4) is 0 Å². The van der Waals surface area contributed by atoms with Crippen LogP contribution in [-0.2, 0) is 4.74 Å². The van der Waals surface area contributed by atoms with Crippen LogP contribution in [0.4, 0.5) is 4.39 Å². The van der Waals surface area contributed by atoms with E-state index in [1.807, 2.05) is 0 Å². The molecule has 1 aromatic carbocycles. The van der Waals surface area contributed by atoms with Crippen LogP contribution in [0.5, 0.6) is 0 Å². The van der Waals surface area contributed by atoms with Crippen molar-refractivity contribution in [1.82, 2.24) is 10.2 Å². The monoisotopic (exact) mass is 356 g/mol. The maximum Gasteiger partial charge on any atom is 0.263 e. The average Bonchev–Trinajstić information content (AvgIpc) is 3.09. The van der Waals surface area contributed by atoms with Crippen LogP contribution in [0.15, 0.2) is 18.2 Å². The number of nitrogens with zero attached hydrogens (tertiary/aromatic N) is 1. The maximum absolute atomic E-state index is 13.9. The van der Waals surface area contributed by atoms with Gasteiger partial charge in [0.15, 0.2) is 0 Å². The van der Waals surface area contributed by atoms with E-state index in [2.05, 4.69) is 17.1 Å². The number of carbonyl (C=O) groups is 1. The molecule has 7 heteroatoms. The lowest BCUT2D eigenvalue weighted by Crippen LogP contribution is -2.43. The standard InChI is InChI=1S/C16H18ClFN2O2S/c1-3-20-7-10(11(8-20)22-2)19-16(21)15-14(17)13-9(18)5-4-6-12(13)23-15/h4-6,10-11H,3,7-8H2,1-2H3,(H,19,21)/t10-,11-/m1/s1. The van der Waals surface area contributed by atoms with Crippen molar-refractivity contribution in [2.45, 2.75) is 19.1 Å². The third kappa shape index (κ3) is 3.08. The Balaban J connectivity index is 1.84. The number of hydrogen-bond donors (Lipinski definition) is 1. The highest BCUT2D eigenvalue weighted by Crippen LogP contribution is 2.36. The molecule has 2 atom stereocenters. The first-order chi connectivity index (χ1) is 11.0. The summed E-state index contributed by atoms with van der Waals surface area (Å²) in [6.07, 6.45) is -0.0520. The molecule has 1 N–H and O–H groups in total. The third-order valence-electron chi connectivity index (χ3n) is 4.22. The molecule has 23 heavy (non-hydrogen) atoms. The zero-order valence-electron chi connectivity index (χ0n) is 12.9. The van der Waals surface area contributed by atoms with E-state index in [-0.39, 0.29) is 23.1 Å². The van der Waals surface area contributed by atoms with Crippen LogP contribution in [-0.4, -0.2) is 49.7 Å². The number of halogens is 2. The smallest absolute Gasteiger partial charge is 0.263 e. The topological polar surface area (TPSA) is 41.6 Å². The number of rotatable bonds is 4. The normalized spacial score (nSPS) is 21.9. The van der Waals surface area contributed by atoms with Crippen molar-refractivity contribution >= 4 is 38.9 Å². The van der Waals surface area contributed by atoms with Crippen molar-refractivity contribution < 1.29 is 13.9 Å². The molecule has 124 valence electrons. The Morgan fingerprint density at radius 3 is 2.96 bits per heavy atom. The van der Waals surface area contributed by atoms with Crippen molar-refractivity contribution in [2.75, 3.05) is 26.7 Å². The molecule has 0 saturated carbocycles. The summed E-state index contributed by atoms with van der Waals surface area (Å²) in [4.78, 5) is 15.1. The lowest BCUT2D eigenvalue weighted by Gasteiger charge is -2.18. The number of likely N-dealkylation sites (N-methyl/N-ethyl adjacent to an activating group) is 1. The van der Waals surface area contributed by atoms with Gasteiger partial charge in [0, 0.05) is 30.3 Å². The number of carbonyl (C=O) groups excluding carboxylic acids is 1. The number of nitrogens with one attached hydrogen (secondary N) is 1. The minimum absolute atomic E-state index is 0.0520. The Kier molecular flexibility index (Phi) is 4.87. The van der Waals surface area contributed by atoms with Gasteiger partial charge in [-0.1, -0.05) is 24.6 Å². The van der Waals surface area contributed by atoms with Crippen LogP contribution in [0.3, 0.4) is 0 Å². The van der Waals surface area contributed by atoms with Crippen LogP contribution >= 0.6 is 22.9 Å². The quantitative estimate of drug-likeness (QED) is 0.915. The summed E-state index contributed by atoms with van der Waals surface area (Å²) in [7, 11) is 1.64. The summed E-state index contributed by atoms with van der Waals surface area (Å²) in [6, 6.07) is 4.62. The number of likely N-dealkylation sites (tertiary alicyclic amines) is 1. The number of thiophene rings is 1. The van der Waals surface area contributed by atoms with Crippen LogP contribution < -0.4 is 5.32 Å². The predicted octanol–water partition coefficient (Wildman–Crippen LogP) is 3.14. The fourth-order valence-corrected chi connectivity index (χ4v) is 4.40. The summed E-state index contributed by atoms with van der Waals surface area (Å²) < 4.78 is 20.0. The van der Waals surface area contributed by atoms with E-state index in [4.69, 9.17) is 16.3 Å². The first-order valence-electron chi connectivity index (χ1n) is 7.47. The van der Waals surface area contributed by atoms with Crippen molar-refractivity contribution in [3.05, 3.63) is 33.9 Å². The second-order valence-corrected chi connectivity index (χ2v) is 6.99. The van der Waals surface area contributed by atoms with Gasteiger partial charge in [-0.15, -0.1) is 11.3 Å². The van der Waals surface area contributed by atoms with Crippen molar-refractivity contribution in [1.29, 1.82) is 0 Å². The second-order valence-electron chi connectivity index (χ2n) is 5.56. The van der Waals surface area contributed by atoms with E-state index in [0.29, 0.717) is 15.0 Å². The van der Waals surface area contributed by atoms with Crippen molar-refractivity contribution in [3.63, 3.8) is 0 Å². The van der Waals surface area contributed by atoms with Gasteiger partial charge in [-0.2, -0.15) is 0 Å². The zero-order chi connectivity index (χ0) is 16.6. The Labute approximate surface area is 143 Å². The molecule has 2 aromatic rings. The Morgan fingerprint density at radius 2 is 2.30 bits per heavy atom. The number of hydrogen-bond acceptors (Lipinski definition) is 4. The summed E-state index contributed by atoms with van der Waals surface area (Å²) in [5, 5.41) is 3.47. The molecule has 0 radical (unpaired) electrons. The van der Waals surface area contributed by atoms with E-state index in [1.165, 1.54) is 17.4 Å². The number of methoxy groups -OCH3 is 1. The molecule has 4 nitrogen and oxygen atoms in total. The van der Waals surface area contributed by atoms with E-state index in [1.54, 1.807) is 19.2 Å². The molecule has 1 saturated heterocycles. The molecule has 2 heterocycles. The van der Waals surface area contributed by atoms with E-state index < -0.39 is 5.82 Å². The van der Waals surface area contributed by atoms with Gasteiger partial charge >= 0.3 is 0 Å². The molecule has 0 bridgehead atoms. The molecule has 1 amide bonds. The van der Waals surface area contributed by atoms with Gasteiger partial charge in [0.1, 0.15) is 10.7 Å². The Hall–Kier alpha value is -1.21. The number of ether oxygens (including phenoxy) is 1. The Bertz CT molecular complexity index is 736. The van der Waals surface area contributed by atoms with E-state index in [0.717, 1.165) is 19.6 Å². The lowest BCUT2D eigenvalue weighted by atomic mass is 10.2. The van der Waals surface area contributed by atoms with Gasteiger partial charge in [-0.3, -0.25) is 9.69 Å². The number of amides is 1. The first kappa shape index (κ1) is 16.6. The highest BCUT2D eigenvalue weighted by Gasteiger charge is 2.34. The first-order valence-corrected chi connectivity index (χ1v) is 8.67. The van der Waals surface area contributed by atoms with Crippen LogP contribution in [0, 0.1) is 5.82 Å². The predicted molar refractivity (Wildman–Crippen MR) is 91.0 cm³/mol.